The van der Waals surface area contributed by atoms with Crippen LogP contribution < -0.4 is 9.47 Å². The Kier molecular flexibility index (Phi) is 4.16. The number of benzene rings is 1. The number of hydrogen-bond acceptors (Lipinski definition) is 3. The van der Waals surface area contributed by atoms with Gasteiger partial charge in [-0.2, -0.15) is 0 Å². The number of methoxy groups -OCH3 is 2. The maximum atomic E-state index is 12.0. The molecule has 0 bridgehead atoms. The first kappa shape index (κ1) is 13.6. The number of ether oxygens (including phenoxy) is 2. The van der Waals surface area contributed by atoms with E-state index in [9.17, 15) is 4.79 Å². The van der Waals surface area contributed by atoms with Gasteiger partial charge in [-0.25, -0.2) is 0 Å². The Morgan fingerprint density at radius 2 is 1.71 bits per heavy atom. The van der Waals surface area contributed by atoms with E-state index in [1.165, 1.54) is 0 Å². The summed E-state index contributed by atoms with van der Waals surface area (Å²) in [4.78, 5) is 12.0. The molecule has 17 heavy (non-hydrogen) atoms. The topological polar surface area (TPSA) is 35.5 Å². The first-order chi connectivity index (χ1) is 7.87. The van der Waals surface area contributed by atoms with E-state index in [1.807, 2.05) is 20.8 Å². The van der Waals surface area contributed by atoms with E-state index in [0.717, 1.165) is 0 Å². The van der Waals surface area contributed by atoms with Gasteiger partial charge in [-0.05, 0) is 23.6 Å². The van der Waals surface area contributed by atoms with Crippen LogP contribution >= 0.6 is 0 Å². The molecule has 3 nitrogen and oxygen atoms in total. The van der Waals surface area contributed by atoms with Crippen molar-refractivity contribution < 1.29 is 14.3 Å². The van der Waals surface area contributed by atoms with Crippen molar-refractivity contribution in [1.82, 2.24) is 0 Å². The Balaban J connectivity index is 2.96. The summed E-state index contributed by atoms with van der Waals surface area (Å²) in [6.45, 7) is 6.14. The highest BCUT2D eigenvalue weighted by molar-refractivity contribution is 5.97. The molecule has 0 atom stereocenters. The van der Waals surface area contributed by atoms with Crippen LogP contribution in [0.1, 0.15) is 37.6 Å². The Hall–Kier alpha value is -1.51. The summed E-state index contributed by atoms with van der Waals surface area (Å²) in [6, 6.07) is 5.26. The number of carbonyl (C=O) groups is 1. The first-order valence-corrected chi connectivity index (χ1v) is 5.62. The maximum Gasteiger partial charge on any atom is 0.163 e. The van der Waals surface area contributed by atoms with E-state index in [-0.39, 0.29) is 11.2 Å². The van der Waals surface area contributed by atoms with Crippen LogP contribution in [0.4, 0.5) is 0 Å². The van der Waals surface area contributed by atoms with Gasteiger partial charge < -0.3 is 9.47 Å². The average Bonchev–Trinajstić information content (AvgIpc) is 2.25. The van der Waals surface area contributed by atoms with E-state index in [1.54, 1.807) is 32.4 Å². The summed E-state index contributed by atoms with van der Waals surface area (Å²) < 4.78 is 10.3. The number of rotatable bonds is 4. The van der Waals surface area contributed by atoms with Crippen molar-refractivity contribution in [1.29, 1.82) is 0 Å². The molecule has 3 heteroatoms. The molecule has 94 valence electrons. The standard InChI is InChI=1S/C14H20O3/c1-14(2,3)9-11(15)10-6-7-12(16-4)13(8-10)17-5/h6-8H,9H2,1-5H3. The van der Waals surface area contributed by atoms with Gasteiger partial charge >= 0.3 is 0 Å². The van der Waals surface area contributed by atoms with Crippen molar-refractivity contribution in [2.75, 3.05) is 14.2 Å². The largest absolute Gasteiger partial charge is 0.493 e. The van der Waals surface area contributed by atoms with E-state index >= 15 is 0 Å². The highest BCUT2D eigenvalue weighted by Crippen LogP contribution is 2.29. The molecule has 1 aromatic rings. The minimum Gasteiger partial charge on any atom is -0.493 e. The smallest absolute Gasteiger partial charge is 0.163 e. The molecule has 0 fully saturated rings. The number of Topliss-reactive ketones (excluding diaryl/α,β-unsaturated/α-hetero) is 1. The summed E-state index contributed by atoms with van der Waals surface area (Å²) in [6.07, 6.45) is 0.516. The minimum absolute atomic E-state index is 0.00968. The zero-order valence-corrected chi connectivity index (χ0v) is 11.2. The lowest BCUT2D eigenvalue weighted by molar-refractivity contribution is 0.0939. The maximum absolute atomic E-state index is 12.0. The molecule has 0 amide bonds. The van der Waals surface area contributed by atoms with Crippen molar-refractivity contribution in [3.05, 3.63) is 23.8 Å². The van der Waals surface area contributed by atoms with Gasteiger partial charge in [0.1, 0.15) is 0 Å². The molecule has 0 N–H and O–H groups in total. The lowest BCUT2D eigenvalue weighted by Crippen LogP contribution is -2.13. The minimum atomic E-state index is -0.00968. The number of carbonyl (C=O) groups excluding carboxylic acids is 1. The molecule has 0 aliphatic carbocycles. The van der Waals surface area contributed by atoms with Crippen molar-refractivity contribution in [3.63, 3.8) is 0 Å². The van der Waals surface area contributed by atoms with Crippen molar-refractivity contribution >= 4 is 5.78 Å². The highest BCUT2D eigenvalue weighted by atomic mass is 16.5. The normalized spacial score (nSPS) is 11.1. The Morgan fingerprint density at radius 1 is 1.12 bits per heavy atom. The third-order valence-electron chi connectivity index (χ3n) is 2.40. The molecule has 1 rings (SSSR count). The van der Waals surface area contributed by atoms with Crippen molar-refractivity contribution in [3.8, 4) is 11.5 Å². The highest BCUT2D eigenvalue weighted by Gasteiger charge is 2.18. The molecule has 0 aliphatic heterocycles. The van der Waals surface area contributed by atoms with Gasteiger partial charge in [0.15, 0.2) is 17.3 Å². The van der Waals surface area contributed by atoms with Gasteiger partial charge in [-0.3, -0.25) is 4.79 Å². The lowest BCUT2D eigenvalue weighted by atomic mass is 9.88. The molecular weight excluding hydrogens is 216 g/mol. The predicted molar refractivity (Wildman–Crippen MR) is 67.9 cm³/mol. The van der Waals surface area contributed by atoms with Crippen LogP contribution in [0.5, 0.6) is 11.5 Å². The van der Waals surface area contributed by atoms with Gasteiger partial charge in [0, 0.05) is 12.0 Å². The molecule has 0 unspecified atom stereocenters. The monoisotopic (exact) mass is 236 g/mol. The zero-order valence-electron chi connectivity index (χ0n) is 11.2. The fraction of sp³-hybridized carbons (Fsp3) is 0.500. The van der Waals surface area contributed by atoms with Gasteiger partial charge in [-0.1, -0.05) is 20.8 Å². The molecular formula is C14H20O3. The molecule has 0 saturated carbocycles. The van der Waals surface area contributed by atoms with Crippen molar-refractivity contribution in [2.24, 2.45) is 5.41 Å². The molecule has 0 heterocycles. The number of ketones is 1. The lowest BCUT2D eigenvalue weighted by Gasteiger charge is -2.17. The van der Waals surface area contributed by atoms with E-state index in [0.29, 0.717) is 23.5 Å². The summed E-state index contributed by atoms with van der Waals surface area (Å²) in [5, 5.41) is 0. The molecule has 0 saturated heterocycles. The fourth-order valence-corrected chi connectivity index (χ4v) is 1.59. The average molecular weight is 236 g/mol. The quantitative estimate of drug-likeness (QED) is 0.752. The van der Waals surface area contributed by atoms with Crippen molar-refractivity contribution in [2.45, 2.75) is 27.2 Å². The van der Waals surface area contributed by atoms with Gasteiger partial charge in [0.25, 0.3) is 0 Å². The Bertz CT molecular complexity index is 402. The zero-order chi connectivity index (χ0) is 13.1. The van der Waals surface area contributed by atoms with E-state index in [2.05, 4.69) is 0 Å². The van der Waals surface area contributed by atoms with Crippen LogP contribution in [-0.4, -0.2) is 20.0 Å². The summed E-state index contributed by atoms with van der Waals surface area (Å²) in [5.41, 5.74) is 0.655. The second-order valence-corrected chi connectivity index (χ2v) is 5.23. The molecule has 0 aromatic heterocycles. The number of hydrogen-bond donors (Lipinski definition) is 0. The Morgan fingerprint density at radius 3 is 2.18 bits per heavy atom. The van der Waals surface area contributed by atoms with Crippen LogP contribution in [0.3, 0.4) is 0 Å². The summed E-state index contributed by atoms with van der Waals surface area (Å²) in [7, 11) is 3.14. The van der Waals surface area contributed by atoms with Crippen LogP contribution in [0.2, 0.25) is 0 Å². The van der Waals surface area contributed by atoms with Crippen LogP contribution in [-0.2, 0) is 0 Å². The van der Waals surface area contributed by atoms with Crippen LogP contribution in [0.25, 0.3) is 0 Å². The summed E-state index contributed by atoms with van der Waals surface area (Å²) >= 11 is 0. The first-order valence-electron chi connectivity index (χ1n) is 5.62. The van der Waals surface area contributed by atoms with Gasteiger partial charge in [-0.15, -0.1) is 0 Å². The molecule has 0 radical (unpaired) electrons. The third kappa shape index (κ3) is 3.77. The van der Waals surface area contributed by atoms with Gasteiger partial charge in [0.2, 0.25) is 0 Å². The van der Waals surface area contributed by atoms with E-state index in [4.69, 9.17) is 9.47 Å². The Labute approximate surface area is 103 Å². The third-order valence-corrected chi connectivity index (χ3v) is 2.40. The SMILES string of the molecule is COc1ccc(C(=O)CC(C)(C)C)cc1OC. The second kappa shape index (κ2) is 5.21. The molecule has 1 aromatic carbocycles. The molecule has 0 aliphatic rings. The summed E-state index contributed by atoms with van der Waals surface area (Å²) in [5.74, 6) is 1.35. The predicted octanol–water partition coefficient (Wildman–Crippen LogP) is 3.32. The van der Waals surface area contributed by atoms with E-state index < -0.39 is 0 Å². The second-order valence-electron chi connectivity index (χ2n) is 5.23. The van der Waals surface area contributed by atoms with Crippen LogP contribution in [0, 0.1) is 5.41 Å². The van der Waals surface area contributed by atoms with Crippen LogP contribution in [0.15, 0.2) is 18.2 Å². The van der Waals surface area contributed by atoms with Gasteiger partial charge in [0.05, 0.1) is 14.2 Å². The fourth-order valence-electron chi connectivity index (χ4n) is 1.59. The molecule has 0 spiro atoms.